The minimum absolute atomic E-state index is 0.118. The molecule has 2 heterocycles. The number of benzene rings is 3. The van der Waals surface area contributed by atoms with E-state index in [2.05, 4.69) is 10.0 Å². The molecule has 1 saturated carbocycles. The van der Waals surface area contributed by atoms with Crippen LogP contribution in [-0.4, -0.2) is 39.3 Å². The molecule has 39 heavy (non-hydrogen) atoms. The minimum Gasteiger partial charge on any atom is -0.455 e. The first-order chi connectivity index (χ1) is 18.7. The van der Waals surface area contributed by atoms with Gasteiger partial charge in [-0.25, -0.2) is 8.42 Å². The molecule has 11 heteroatoms. The second-order valence-electron chi connectivity index (χ2n) is 9.97. The Morgan fingerprint density at radius 3 is 2.72 bits per heavy atom. The van der Waals surface area contributed by atoms with E-state index in [-0.39, 0.29) is 17.6 Å². The molecule has 200 valence electrons. The fourth-order valence-electron chi connectivity index (χ4n) is 5.07. The number of carbonyl (C=O) groups excluding carboxylic acids is 1. The van der Waals surface area contributed by atoms with Crippen molar-refractivity contribution < 1.29 is 27.3 Å². The van der Waals surface area contributed by atoms with E-state index in [0.29, 0.717) is 57.1 Å². The van der Waals surface area contributed by atoms with Crippen molar-refractivity contribution in [2.45, 2.75) is 31.8 Å². The van der Waals surface area contributed by atoms with Crippen LogP contribution < -0.4 is 15.5 Å². The second kappa shape index (κ2) is 10.0. The van der Waals surface area contributed by atoms with Crippen molar-refractivity contribution >= 4 is 56.8 Å². The lowest BCUT2D eigenvalue weighted by atomic mass is 9.79. The number of carbonyl (C=O) groups is 1. The molecule has 1 aromatic heterocycles. The quantitative estimate of drug-likeness (QED) is 0.276. The molecule has 2 aliphatic rings. The van der Waals surface area contributed by atoms with E-state index in [0.717, 1.165) is 29.5 Å². The Labute approximate surface area is 231 Å². The third kappa shape index (κ3) is 5.17. The first-order valence-electron chi connectivity index (χ1n) is 12.7. The Balaban J connectivity index is 1.33. The molecule has 3 N–H and O–H groups in total. The molecule has 6 rings (SSSR count). The minimum atomic E-state index is -3.71. The summed E-state index contributed by atoms with van der Waals surface area (Å²) in [6.07, 6.45) is 2.19. The summed E-state index contributed by atoms with van der Waals surface area (Å²) >= 11 is 6.20. The Hall–Kier alpha value is -3.31. The van der Waals surface area contributed by atoms with Gasteiger partial charge in [-0.2, -0.15) is 0 Å². The van der Waals surface area contributed by atoms with E-state index < -0.39 is 17.1 Å². The van der Waals surface area contributed by atoms with Crippen molar-refractivity contribution in [3.05, 3.63) is 81.9 Å². The van der Waals surface area contributed by atoms with Crippen molar-refractivity contribution in [3.63, 3.8) is 0 Å². The standard InChI is InChI=1S/C28H26BClN2O6S/c1-31-28(33)26-22-13-21(17-6-7-17)24(14-25(22)38-27(26)18-3-2-4-20(30)12-18)32-39(35,36)10-9-16-5-8-23-19(11-16)15-37-29(23)34/h2-5,8,11-14,17,32,34H,6-7,9-10,15H2,1H3,(H,31,33). The van der Waals surface area contributed by atoms with Crippen molar-refractivity contribution in [3.8, 4) is 11.3 Å². The van der Waals surface area contributed by atoms with Crippen LogP contribution in [0.5, 0.6) is 0 Å². The van der Waals surface area contributed by atoms with Crippen molar-refractivity contribution in [2.75, 3.05) is 17.5 Å². The summed E-state index contributed by atoms with van der Waals surface area (Å²) in [6.45, 7) is 0.304. The van der Waals surface area contributed by atoms with Gasteiger partial charge in [0.05, 0.1) is 23.6 Å². The zero-order chi connectivity index (χ0) is 27.3. The van der Waals surface area contributed by atoms with Crippen LogP contribution in [0, 0.1) is 0 Å². The number of hydrogen-bond acceptors (Lipinski definition) is 6. The topological polar surface area (TPSA) is 118 Å². The van der Waals surface area contributed by atoms with Gasteiger partial charge in [0.1, 0.15) is 11.3 Å². The molecule has 0 saturated heterocycles. The van der Waals surface area contributed by atoms with Gasteiger partial charge in [-0.05, 0) is 65.5 Å². The largest absolute Gasteiger partial charge is 0.491 e. The van der Waals surface area contributed by atoms with Gasteiger partial charge in [-0.3, -0.25) is 9.52 Å². The SMILES string of the molecule is CNC(=O)c1c(-c2cccc(Cl)c2)oc2cc(NS(=O)(=O)CCc3ccc4c(c3)COB4O)c(C3CC3)cc12. The molecule has 4 aromatic rings. The van der Waals surface area contributed by atoms with Crippen LogP contribution in [0.3, 0.4) is 0 Å². The highest BCUT2D eigenvalue weighted by atomic mass is 35.5. The number of sulfonamides is 1. The zero-order valence-electron chi connectivity index (χ0n) is 21.2. The van der Waals surface area contributed by atoms with Gasteiger partial charge < -0.3 is 19.4 Å². The molecule has 0 unspecified atom stereocenters. The predicted octanol–water partition coefficient (Wildman–Crippen LogP) is 4.19. The van der Waals surface area contributed by atoms with E-state index in [4.69, 9.17) is 20.7 Å². The fourth-order valence-corrected chi connectivity index (χ4v) is 6.38. The molecule has 3 aromatic carbocycles. The third-order valence-electron chi connectivity index (χ3n) is 7.21. The van der Waals surface area contributed by atoms with Crippen LogP contribution in [0.4, 0.5) is 5.69 Å². The molecule has 1 aliphatic carbocycles. The average molecular weight is 565 g/mol. The maximum Gasteiger partial charge on any atom is 0.491 e. The zero-order valence-corrected chi connectivity index (χ0v) is 22.7. The lowest BCUT2D eigenvalue weighted by Gasteiger charge is -2.13. The smallest absolute Gasteiger partial charge is 0.455 e. The monoisotopic (exact) mass is 564 g/mol. The van der Waals surface area contributed by atoms with Gasteiger partial charge in [0.25, 0.3) is 5.91 Å². The summed E-state index contributed by atoms with van der Waals surface area (Å²) in [7, 11) is -3.08. The molecular weight excluding hydrogens is 539 g/mol. The highest BCUT2D eigenvalue weighted by molar-refractivity contribution is 7.92. The third-order valence-corrected chi connectivity index (χ3v) is 8.72. The number of halogens is 1. The van der Waals surface area contributed by atoms with Gasteiger partial charge in [-0.1, -0.05) is 41.9 Å². The summed E-state index contributed by atoms with van der Waals surface area (Å²) in [4.78, 5) is 12.9. The van der Waals surface area contributed by atoms with Crippen molar-refractivity contribution in [1.82, 2.24) is 5.32 Å². The maximum atomic E-state index is 13.2. The van der Waals surface area contributed by atoms with Crippen molar-refractivity contribution in [1.29, 1.82) is 0 Å². The summed E-state index contributed by atoms with van der Waals surface area (Å²) in [5, 5.41) is 13.6. The number of rotatable bonds is 8. The van der Waals surface area contributed by atoms with E-state index in [1.54, 1.807) is 37.4 Å². The average Bonchev–Trinajstić information content (AvgIpc) is 3.60. The lowest BCUT2D eigenvalue weighted by molar-refractivity contribution is 0.0964. The maximum absolute atomic E-state index is 13.2. The van der Waals surface area contributed by atoms with Gasteiger partial charge >= 0.3 is 7.12 Å². The lowest BCUT2D eigenvalue weighted by Crippen LogP contribution is -2.28. The second-order valence-corrected chi connectivity index (χ2v) is 12.3. The number of nitrogens with one attached hydrogen (secondary N) is 2. The molecule has 1 fully saturated rings. The Bertz CT molecular complexity index is 1720. The van der Waals surface area contributed by atoms with Crippen LogP contribution >= 0.6 is 11.6 Å². The molecule has 0 bridgehead atoms. The highest BCUT2D eigenvalue weighted by Crippen LogP contribution is 2.47. The van der Waals surface area contributed by atoms with E-state index >= 15 is 0 Å². The predicted molar refractivity (Wildman–Crippen MR) is 152 cm³/mol. The molecule has 0 spiro atoms. The normalized spacial score (nSPS) is 15.0. The summed E-state index contributed by atoms with van der Waals surface area (Å²) < 4.78 is 40.6. The Kier molecular flexibility index (Phi) is 6.67. The van der Waals surface area contributed by atoms with Crippen LogP contribution in [0.1, 0.15) is 45.8 Å². The van der Waals surface area contributed by atoms with E-state index in [1.165, 1.54) is 0 Å². The summed E-state index contributed by atoms with van der Waals surface area (Å²) in [5.41, 5.74) is 5.19. The number of anilines is 1. The Morgan fingerprint density at radius 1 is 1.15 bits per heavy atom. The van der Waals surface area contributed by atoms with E-state index in [9.17, 15) is 18.2 Å². The molecule has 8 nitrogen and oxygen atoms in total. The number of furan rings is 1. The van der Waals surface area contributed by atoms with Crippen LogP contribution in [0.15, 0.2) is 59.0 Å². The van der Waals surface area contributed by atoms with Gasteiger partial charge in [-0.15, -0.1) is 0 Å². The Morgan fingerprint density at radius 2 is 1.97 bits per heavy atom. The van der Waals surface area contributed by atoms with Crippen LogP contribution in [0.25, 0.3) is 22.3 Å². The van der Waals surface area contributed by atoms with Gasteiger partial charge in [0.15, 0.2) is 0 Å². The van der Waals surface area contributed by atoms with Gasteiger partial charge in [0, 0.05) is 29.1 Å². The highest BCUT2D eigenvalue weighted by Gasteiger charge is 2.31. The fraction of sp³-hybridized carbons (Fsp3) is 0.250. The first-order valence-corrected chi connectivity index (χ1v) is 14.8. The molecule has 1 aliphatic heterocycles. The summed E-state index contributed by atoms with van der Waals surface area (Å²) in [6, 6.07) is 16.1. The number of hydrogen-bond donors (Lipinski definition) is 3. The first kappa shape index (κ1) is 25.9. The van der Waals surface area contributed by atoms with Crippen molar-refractivity contribution in [2.24, 2.45) is 0 Å². The van der Waals surface area contributed by atoms with Gasteiger partial charge in [0.2, 0.25) is 10.0 Å². The van der Waals surface area contributed by atoms with Crippen LogP contribution in [0.2, 0.25) is 5.02 Å². The van der Waals surface area contributed by atoms with Crippen LogP contribution in [-0.2, 0) is 27.7 Å². The molecular formula is C28H26BClN2O6S. The molecule has 1 amide bonds. The molecule has 0 atom stereocenters. The summed E-state index contributed by atoms with van der Waals surface area (Å²) in [5.74, 6) is 0.162. The number of amides is 1. The number of aryl methyl sites for hydroxylation is 1. The van der Waals surface area contributed by atoms with E-state index in [1.807, 2.05) is 24.3 Å². The molecule has 0 radical (unpaired) electrons. The number of fused-ring (bicyclic) bond motifs is 2.